The summed E-state index contributed by atoms with van der Waals surface area (Å²) in [7, 11) is 3.63. The van der Waals surface area contributed by atoms with Crippen molar-refractivity contribution in [3.05, 3.63) is 63.6 Å². The van der Waals surface area contributed by atoms with Crippen LogP contribution in [0.1, 0.15) is 17.2 Å². The van der Waals surface area contributed by atoms with Crippen LogP contribution < -0.4 is 16.0 Å². The van der Waals surface area contributed by atoms with Crippen molar-refractivity contribution in [1.82, 2.24) is 15.5 Å². The molecule has 9 heteroatoms. The molecule has 2 aromatic rings. The van der Waals surface area contributed by atoms with Crippen LogP contribution in [0.5, 0.6) is 0 Å². The fourth-order valence-electron chi connectivity index (χ4n) is 2.57. The Morgan fingerprint density at radius 1 is 1.07 bits per heavy atom. The molecule has 7 nitrogen and oxygen atoms in total. The maximum atomic E-state index is 12.0. The Kier molecular flexibility index (Phi) is 8.72. The zero-order valence-corrected chi connectivity index (χ0v) is 17.7. The first-order valence-corrected chi connectivity index (χ1v) is 9.68. The van der Waals surface area contributed by atoms with Crippen molar-refractivity contribution in [3.63, 3.8) is 0 Å². The van der Waals surface area contributed by atoms with Gasteiger partial charge in [-0.25, -0.2) is 4.79 Å². The highest BCUT2D eigenvalue weighted by molar-refractivity contribution is 6.34. The van der Waals surface area contributed by atoms with Gasteiger partial charge in [-0.05, 0) is 55.6 Å². The zero-order valence-electron chi connectivity index (χ0n) is 16.2. The van der Waals surface area contributed by atoms with Gasteiger partial charge in [0.05, 0.1) is 12.6 Å². The molecule has 0 heterocycles. The number of anilines is 1. The second-order valence-corrected chi connectivity index (χ2v) is 7.64. The van der Waals surface area contributed by atoms with Crippen LogP contribution in [0.2, 0.25) is 10.0 Å². The predicted octanol–water partition coefficient (Wildman–Crippen LogP) is 3.03. The molecule has 2 aromatic carbocycles. The topological polar surface area (TPSA) is 93.7 Å². The summed E-state index contributed by atoms with van der Waals surface area (Å²) in [5.41, 5.74) is 2.00. The fraction of sp³-hybridized carbons (Fsp3) is 0.300. The molecule has 2 rings (SSSR count). The van der Waals surface area contributed by atoms with Gasteiger partial charge in [0, 0.05) is 28.8 Å². The summed E-state index contributed by atoms with van der Waals surface area (Å²) in [5.74, 6) is -0.118. The first-order valence-electron chi connectivity index (χ1n) is 8.92. The molecule has 1 atom stereocenters. The summed E-state index contributed by atoms with van der Waals surface area (Å²) in [4.78, 5) is 25.6. The van der Waals surface area contributed by atoms with Gasteiger partial charge in [0.2, 0.25) is 5.91 Å². The van der Waals surface area contributed by atoms with E-state index in [0.29, 0.717) is 21.3 Å². The molecule has 0 spiro atoms. The second kappa shape index (κ2) is 11.0. The van der Waals surface area contributed by atoms with Crippen molar-refractivity contribution in [2.24, 2.45) is 0 Å². The van der Waals surface area contributed by atoms with Crippen molar-refractivity contribution in [2.75, 3.05) is 32.5 Å². The van der Waals surface area contributed by atoms with Crippen LogP contribution in [0.3, 0.4) is 0 Å². The molecule has 0 fully saturated rings. The molecule has 4 N–H and O–H groups in total. The molecule has 1 unspecified atom stereocenters. The van der Waals surface area contributed by atoms with Crippen LogP contribution >= 0.6 is 23.2 Å². The van der Waals surface area contributed by atoms with Gasteiger partial charge in [-0.2, -0.15) is 0 Å². The van der Waals surface area contributed by atoms with Crippen LogP contribution in [-0.2, 0) is 11.3 Å². The molecule has 0 radical (unpaired) electrons. The van der Waals surface area contributed by atoms with Crippen LogP contribution in [0.4, 0.5) is 10.5 Å². The standard InChI is InChI=1S/C20H24Cl2N4O3/c1-26(2)12-19(28)25-17-5-3-4-13(6-17)10-23-20(29)24-11-18(27)14-7-15(21)9-16(22)8-14/h3-9,18,27H,10-12H2,1-2H3,(H,25,28)(H2,23,24,29). The van der Waals surface area contributed by atoms with E-state index in [-0.39, 0.29) is 25.5 Å². The SMILES string of the molecule is CN(C)CC(=O)Nc1cccc(CNC(=O)NCC(O)c2cc(Cl)cc(Cl)c2)c1. The molecule has 0 aliphatic rings. The van der Waals surface area contributed by atoms with Crippen molar-refractivity contribution < 1.29 is 14.7 Å². The lowest BCUT2D eigenvalue weighted by atomic mass is 10.1. The van der Waals surface area contributed by atoms with E-state index in [2.05, 4.69) is 16.0 Å². The van der Waals surface area contributed by atoms with Crippen molar-refractivity contribution >= 4 is 40.8 Å². The number of hydrogen-bond acceptors (Lipinski definition) is 4. The molecular weight excluding hydrogens is 415 g/mol. The van der Waals surface area contributed by atoms with E-state index in [0.717, 1.165) is 5.56 Å². The molecule has 29 heavy (non-hydrogen) atoms. The van der Waals surface area contributed by atoms with E-state index in [1.54, 1.807) is 41.3 Å². The van der Waals surface area contributed by atoms with Crippen LogP contribution in [0.25, 0.3) is 0 Å². The molecule has 3 amide bonds. The number of halogens is 2. The summed E-state index contributed by atoms with van der Waals surface area (Å²) in [5, 5.41) is 19.1. The predicted molar refractivity (Wildman–Crippen MR) is 115 cm³/mol. The molecule has 0 aliphatic heterocycles. The molecule has 0 saturated carbocycles. The molecule has 156 valence electrons. The average molecular weight is 439 g/mol. The highest BCUT2D eigenvalue weighted by Gasteiger charge is 2.11. The number of carbonyl (C=O) groups excluding carboxylic acids is 2. The van der Waals surface area contributed by atoms with Gasteiger partial charge in [0.1, 0.15) is 0 Å². The maximum absolute atomic E-state index is 12.0. The van der Waals surface area contributed by atoms with Crippen LogP contribution in [0.15, 0.2) is 42.5 Å². The molecule has 0 aliphatic carbocycles. The minimum absolute atomic E-state index is 0.00311. The third kappa shape index (κ3) is 8.29. The second-order valence-electron chi connectivity index (χ2n) is 6.77. The first kappa shape index (κ1) is 23.0. The smallest absolute Gasteiger partial charge is 0.315 e. The number of carbonyl (C=O) groups is 2. The third-order valence-electron chi connectivity index (χ3n) is 3.85. The number of hydrogen-bond donors (Lipinski definition) is 4. The van der Waals surface area contributed by atoms with Gasteiger partial charge in [0.15, 0.2) is 0 Å². The van der Waals surface area contributed by atoms with Crippen molar-refractivity contribution in [3.8, 4) is 0 Å². The minimum atomic E-state index is -0.938. The zero-order chi connectivity index (χ0) is 21.4. The van der Waals surface area contributed by atoms with E-state index in [1.165, 1.54) is 0 Å². The Morgan fingerprint density at radius 2 is 1.76 bits per heavy atom. The lowest BCUT2D eigenvalue weighted by molar-refractivity contribution is -0.116. The van der Waals surface area contributed by atoms with Gasteiger partial charge in [-0.15, -0.1) is 0 Å². The van der Waals surface area contributed by atoms with E-state index < -0.39 is 12.1 Å². The van der Waals surface area contributed by atoms with E-state index >= 15 is 0 Å². The quantitative estimate of drug-likeness (QED) is 0.509. The highest BCUT2D eigenvalue weighted by Crippen LogP contribution is 2.23. The molecule has 0 bridgehead atoms. The Labute approximate surface area is 180 Å². The minimum Gasteiger partial charge on any atom is -0.387 e. The largest absolute Gasteiger partial charge is 0.387 e. The highest BCUT2D eigenvalue weighted by atomic mass is 35.5. The number of rotatable bonds is 8. The third-order valence-corrected chi connectivity index (χ3v) is 4.29. The maximum Gasteiger partial charge on any atom is 0.315 e. The lowest BCUT2D eigenvalue weighted by Crippen LogP contribution is -2.37. The lowest BCUT2D eigenvalue weighted by Gasteiger charge is -2.14. The number of aliphatic hydroxyl groups excluding tert-OH is 1. The Hall–Kier alpha value is -2.32. The van der Waals surface area contributed by atoms with Crippen molar-refractivity contribution in [1.29, 1.82) is 0 Å². The van der Waals surface area contributed by atoms with E-state index in [4.69, 9.17) is 23.2 Å². The molecule has 0 saturated heterocycles. The number of aliphatic hydroxyl groups is 1. The summed E-state index contributed by atoms with van der Waals surface area (Å²) >= 11 is 11.8. The van der Waals surface area contributed by atoms with Gasteiger partial charge < -0.3 is 26.0 Å². The monoisotopic (exact) mass is 438 g/mol. The summed E-state index contributed by atoms with van der Waals surface area (Å²) < 4.78 is 0. The number of likely N-dealkylation sites (N-methyl/N-ethyl adjacent to an activating group) is 1. The van der Waals surface area contributed by atoms with Crippen LogP contribution in [0, 0.1) is 0 Å². The van der Waals surface area contributed by atoms with Gasteiger partial charge in [-0.1, -0.05) is 35.3 Å². The molecular formula is C20H24Cl2N4O3. The van der Waals surface area contributed by atoms with E-state index in [1.807, 2.05) is 20.2 Å². The summed E-state index contributed by atoms with van der Waals surface area (Å²) in [6, 6.07) is 11.5. The summed E-state index contributed by atoms with van der Waals surface area (Å²) in [6.07, 6.45) is -0.938. The van der Waals surface area contributed by atoms with Crippen molar-refractivity contribution in [2.45, 2.75) is 12.6 Å². The Balaban J connectivity index is 1.81. The van der Waals surface area contributed by atoms with E-state index in [9.17, 15) is 14.7 Å². The normalized spacial score (nSPS) is 11.8. The van der Waals surface area contributed by atoms with Gasteiger partial charge in [0.25, 0.3) is 0 Å². The molecule has 0 aromatic heterocycles. The fourth-order valence-corrected chi connectivity index (χ4v) is 3.11. The number of urea groups is 1. The Morgan fingerprint density at radius 3 is 2.41 bits per heavy atom. The number of nitrogens with one attached hydrogen (secondary N) is 3. The number of amides is 3. The summed E-state index contributed by atoms with van der Waals surface area (Å²) in [6.45, 7) is 0.552. The first-order chi connectivity index (χ1) is 13.7. The van der Waals surface area contributed by atoms with Gasteiger partial charge >= 0.3 is 6.03 Å². The van der Waals surface area contributed by atoms with Crippen LogP contribution in [-0.4, -0.2) is 49.1 Å². The average Bonchev–Trinajstić information content (AvgIpc) is 2.63. The Bertz CT molecular complexity index is 841. The number of benzene rings is 2. The van der Waals surface area contributed by atoms with Gasteiger partial charge in [-0.3, -0.25) is 4.79 Å². The number of nitrogens with zero attached hydrogens (tertiary/aromatic N) is 1.